The van der Waals surface area contributed by atoms with Crippen LogP contribution in [-0.4, -0.2) is 30.2 Å². The molecule has 0 spiro atoms. The number of urea groups is 1. The van der Waals surface area contributed by atoms with E-state index < -0.39 is 5.97 Å². The molecule has 1 heterocycles. The molecule has 5 nitrogen and oxygen atoms in total. The Balaban J connectivity index is 1.92. The van der Waals surface area contributed by atoms with E-state index in [0.717, 1.165) is 24.1 Å². The molecule has 114 valence electrons. The van der Waals surface area contributed by atoms with Crippen molar-refractivity contribution in [1.29, 1.82) is 0 Å². The summed E-state index contributed by atoms with van der Waals surface area (Å²) in [5, 5.41) is 11.9. The number of unbranched alkanes of at least 4 members (excludes halogenated alkanes) is 3. The van der Waals surface area contributed by atoms with Gasteiger partial charge in [-0.25, -0.2) is 9.59 Å². The Morgan fingerprint density at radius 1 is 1.29 bits per heavy atom. The predicted molar refractivity (Wildman–Crippen MR) is 82.0 cm³/mol. The zero-order valence-electron chi connectivity index (χ0n) is 12.4. The summed E-state index contributed by atoms with van der Waals surface area (Å²) in [4.78, 5) is 24.8. The van der Waals surface area contributed by atoms with Crippen molar-refractivity contribution in [3.63, 3.8) is 0 Å². The number of carboxylic acids is 1. The summed E-state index contributed by atoms with van der Waals surface area (Å²) in [6.07, 6.45) is 5.22. The summed E-state index contributed by atoms with van der Waals surface area (Å²) >= 11 is 0. The number of carbonyl (C=O) groups excluding carboxylic acids is 1. The molecule has 0 aromatic heterocycles. The highest BCUT2D eigenvalue weighted by atomic mass is 16.4. The number of hydrogen-bond acceptors (Lipinski definition) is 2. The third kappa shape index (κ3) is 3.74. The standard InChI is InChI=1S/C16H22N2O3/c1-2-3-4-5-9-17-16(21)18-10-8-12-11-13(15(19)20)6-7-14(12)18/h6-7,11H,2-5,8-10H2,1H3,(H,17,21)(H,19,20). The van der Waals surface area contributed by atoms with Gasteiger partial charge in [0, 0.05) is 18.8 Å². The van der Waals surface area contributed by atoms with Gasteiger partial charge in [-0.1, -0.05) is 26.2 Å². The van der Waals surface area contributed by atoms with Gasteiger partial charge in [0.15, 0.2) is 0 Å². The number of rotatable bonds is 6. The molecule has 1 aliphatic rings. The van der Waals surface area contributed by atoms with Crippen molar-refractivity contribution in [3.8, 4) is 0 Å². The van der Waals surface area contributed by atoms with Crippen molar-refractivity contribution < 1.29 is 14.7 Å². The molecule has 1 aromatic carbocycles. The lowest BCUT2D eigenvalue weighted by Crippen LogP contribution is -2.39. The summed E-state index contributed by atoms with van der Waals surface area (Å²) in [7, 11) is 0. The molecular formula is C16H22N2O3. The van der Waals surface area contributed by atoms with Gasteiger partial charge in [0.2, 0.25) is 0 Å². The van der Waals surface area contributed by atoms with Gasteiger partial charge in [0.1, 0.15) is 0 Å². The molecule has 0 radical (unpaired) electrons. The first-order valence-corrected chi connectivity index (χ1v) is 7.55. The Kier molecular flexibility index (Phi) is 5.20. The molecule has 0 fully saturated rings. The van der Waals surface area contributed by atoms with Crippen LogP contribution in [-0.2, 0) is 6.42 Å². The number of carboxylic acid groups (broad SMARTS) is 1. The highest BCUT2D eigenvalue weighted by Gasteiger charge is 2.25. The van der Waals surface area contributed by atoms with Gasteiger partial charge in [-0.05, 0) is 36.6 Å². The molecule has 2 amide bonds. The normalized spacial score (nSPS) is 13.1. The molecule has 1 aliphatic heterocycles. The van der Waals surface area contributed by atoms with E-state index in [9.17, 15) is 9.59 Å². The molecule has 21 heavy (non-hydrogen) atoms. The van der Waals surface area contributed by atoms with Gasteiger partial charge < -0.3 is 10.4 Å². The molecule has 0 saturated carbocycles. The minimum Gasteiger partial charge on any atom is -0.478 e. The SMILES string of the molecule is CCCCCCNC(=O)N1CCc2cc(C(=O)O)ccc21. The first kappa shape index (κ1) is 15.4. The fourth-order valence-corrected chi connectivity index (χ4v) is 2.59. The molecule has 2 N–H and O–H groups in total. The topological polar surface area (TPSA) is 69.6 Å². The van der Waals surface area contributed by atoms with E-state index in [1.807, 2.05) is 0 Å². The van der Waals surface area contributed by atoms with E-state index in [0.29, 0.717) is 19.5 Å². The Morgan fingerprint density at radius 3 is 2.81 bits per heavy atom. The second-order valence-electron chi connectivity index (χ2n) is 5.34. The van der Waals surface area contributed by atoms with Crippen molar-refractivity contribution in [2.45, 2.75) is 39.0 Å². The molecule has 1 aromatic rings. The Bertz CT molecular complexity index is 528. The second-order valence-corrected chi connectivity index (χ2v) is 5.34. The van der Waals surface area contributed by atoms with Gasteiger partial charge in [-0.15, -0.1) is 0 Å². The quantitative estimate of drug-likeness (QED) is 0.791. The monoisotopic (exact) mass is 290 g/mol. The van der Waals surface area contributed by atoms with Crippen molar-refractivity contribution >= 4 is 17.7 Å². The number of benzene rings is 1. The van der Waals surface area contributed by atoms with Crippen LogP contribution in [0.5, 0.6) is 0 Å². The lowest BCUT2D eigenvalue weighted by atomic mass is 10.1. The Hall–Kier alpha value is -2.04. The van der Waals surface area contributed by atoms with Gasteiger partial charge in [0.05, 0.1) is 5.56 Å². The Labute approximate surface area is 125 Å². The summed E-state index contributed by atoms with van der Waals surface area (Å²) in [6, 6.07) is 4.84. The highest BCUT2D eigenvalue weighted by Crippen LogP contribution is 2.28. The lowest BCUT2D eigenvalue weighted by Gasteiger charge is -2.18. The number of hydrogen-bond donors (Lipinski definition) is 2. The van der Waals surface area contributed by atoms with Gasteiger partial charge in [0.25, 0.3) is 0 Å². The molecule has 2 rings (SSSR count). The second kappa shape index (κ2) is 7.11. The summed E-state index contributed by atoms with van der Waals surface area (Å²) in [5.74, 6) is -0.934. The molecule has 5 heteroatoms. The average molecular weight is 290 g/mol. The fraction of sp³-hybridized carbons (Fsp3) is 0.500. The summed E-state index contributed by atoms with van der Waals surface area (Å²) in [6.45, 7) is 3.46. The van der Waals surface area contributed by atoms with Crippen molar-refractivity contribution in [3.05, 3.63) is 29.3 Å². The number of nitrogens with one attached hydrogen (secondary N) is 1. The molecule has 0 unspecified atom stereocenters. The number of carbonyl (C=O) groups is 2. The van der Waals surface area contributed by atoms with Gasteiger partial charge in [-0.2, -0.15) is 0 Å². The number of fused-ring (bicyclic) bond motifs is 1. The van der Waals surface area contributed by atoms with E-state index in [4.69, 9.17) is 5.11 Å². The van der Waals surface area contributed by atoms with Gasteiger partial charge >= 0.3 is 12.0 Å². The van der Waals surface area contributed by atoms with E-state index in [1.54, 1.807) is 23.1 Å². The van der Waals surface area contributed by atoms with Crippen LogP contribution in [0.15, 0.2) is 18.2 Å². The maximum Gasteiger partial charge on any atom is 0.335 e. The number of nitrogens with zero attached hydrogens (tertiary/aromatic N) is 1. The predicted octanol–water partition coefficient (Wildman–Crippen LogP) is 3.04. The van der Waals surface area contributed by atoms with Crippen LogP contribution < -0.4 is 10.2 Å². The van der Waals surface area contributed by atoms with Crippen LogP contribution in [0.25, 0.3) is 0 Å². The van der Waals surface area contributed by atoms with E-state index in [2.05, 4.69) is 12.2 Å². The number of amides is 2. The molecular weight excluding hydrogens is 268 g/mol. The minimum absolute atomic E-state index is 0.0895. The first-order chi connectivity index (χ1) is 10.1. The van der Waals surface area contributed by atoms with E-state index in [-0.39, 0.29) is 11.6 Å². The fourth-order valence-electron chi connectivity index (χ4n) is 2.59. The first-order valence-electron chi connectivity index (χ1n) is 7.55. The summed E-state index contributed by atoms with van der Waals surface area (Å²) < 4.78 is 0. The van der Waals surface area contributed by atoms with Crippen LogP contribution in [0.1, 0.15) is 48.5 Å². The van der Waals surface area contributed by atoms with E-state index in [1.165, 1.54) is 12.8 Å². The van der Waals surface area contributed by atoms with Crippen molar-refractivity contribution in [1.82, 2.24) is 5.32 Å². The minimum atomic E-state index is -0.934. The Morgan fingerprint density at radius 2 is 2.10 bits per heavy atom. The zero-order chi connectivity index (χ0) is 15.2. The van der Waals surface area contributed by atoms with Crippen LogP contribution in [0.4, 0.5) is 10.5 Å². The molecule has 0 aliphatic carbocycles. The lowest BCUT2D eigenvalue weighted by molar-refractivity contribution is 0.0697. The third-order valence-electron chi connectivity index (χ3n) is 3.77. The maximum absolute atomic E-state index is 12.2. The van der Waals surface area contributed by atoms with Crippen molar-refractivity contribution in [2.75, 3.05) is 18.0 Å². The van der Waals surface area contributed by atoms with Crippen LogP contribution in [0, 0.1) is 0 Å². The van der Waals surface area contributed by atoms with Crippen LogP contribution in [0.3, 0.4) is 0 Å². The highest BCUT2D eigenvalue weighted by molar-refractivity contribution is 5.95. The number of anilines is 1. The largest absolute Gasteiger partial charge is 0.478 e. The van der Waals surface area contributed by atoms with Crippen molar-refractivity contribution in [2.24, 2.45) is 0 Å². The summed E-state index contributed by atoms with van der Waals surface area (Å²) in [5.41, 5.74) is 2.03. The van der Waals surface area contributed by atoms with Crippen LogP contribution in [0.2, 0.25) is 0 Å². The molecule has 0 bridgehead atoms. The van der Waals surface area contributed by atoms with E-state index >= 15 is 0 Å². The zero-order valence-corrected chi connectivity index (χ0v) is 12.4. The maximum atomic E-state index is 12.2. The van der Waals surface area contributed by atoms with Crippen LogP contribution >= 0.6 is 0 Å². The molecule has 0 saturated heterocycles. The smallest absolute Gasteiger partial charge is 0.335 e. The van der Waals surface area contributed by atoms with Gasteiger partial charge in [-0.3, -0.25) is 4.90 Å². The molecule has 0 atom stereocenters. The number of aromatic carboxylic acids is 1. The third-order valence-corrected chi connectivity index (χ3v) is 3.77. The average Bonchev–Trinajstić information content (AvgIpc) is 2.89.